The molecule has 0 spiro atoms. The quantitative estimate of drug-likeness (QED) is 0.474. The fraction of sp³-hybridized carbons (Fsp3) is 0.125. The van der Waals surface area contributed by atoms with E-state index in [1.165, 1.54) is 0 Å². The summed E-state index contributed by atoms with van der Waals surface area (Å²) in [6.07, 6.45) is 7.64. The van der Waals surface area contributed by atoms with Crippen LogP contribution in [0.15, 0.2) is 79.5 Å². The van der Waals surface area contributed by atoms with E-state index in [2.05, 4.69) is 39.8 Å². The number of aryl methyl sites for hydroxylation is 1. The number of hydrogen-bond acceptors (Lipinski definition) is 4. The van der Waals surface area contributed by atoms with Gasteiger partial charge in [-0.25, -0.2) is 4.98 Å². The number of phenolic OH excluding ortho intramolecular Hbond substituents is 1. The van der Waals surface area contributed by atoms with Crippen LogP contribution in [-0.2, 0) is 7.05 Å². The van der Waals surface area contributed by atoms with Crippen LogP contribution < -0.4 is 0 Å². The number of rotatable bonds is 4. The van der Waals surface area contributed by atoms with E-state index >= 15 is 0 Å². The smallest absolute Gasteiger partial charge is 0.117 e. The molecule has 6 heteroatoms. The SMILES string of the molecule is C[C@H](c1cnn(C)c1)n1cnc(-c2ccccc2)c1-c1cnc2cc(O)ccc2c1. The van der Waals surface area contributed by atoms with E-state index < -0.39 is 0 Å². The molecule has 0 amide bonds. The maximum atomic E-state index is 9.76. The van der Waals surface area contributed by atoms with Crippen molar-refractivity contribution in [3.05, 3.63) is 85.1 Å². The van der Waals surface area contributed by atoms with Gasteiger partial charge in [0.05, 0.1) is 35.5 Å². The predicted octanol–water partition coefficient (Wildman–Crippen LogP) is 4.81. The van der Waals surface area contributed by atoms with Crippen LogP contribution in [0, 0.1) is 0 Å². The summed E-state index contributed by atoms with van der Waals surface area (Å²) in [6, 6.07) is 17.6. The van der Waals surface area contributed by atoms with Gasteiger partial charge in [0.25, 0.3) is 0 Å². The van der Waals surface area contributed by atoms with Gasteiger partial charge in [-0.3, -0.25) is 9.67 Å². The van der Waals surface area contributed by atoms with Crippen molar-refractivity contribution in [2.75, 3.05) is 0 Å². The summed E-state index contributed by atoms with van der Waals surface area (Å²) in [5.41, 5.74) is 5.79. The largest absolute Gasteiger partial charge is 0.508 e. The van der Waals surface area contributed by atoms with Crippen LogP contribution in [0.5, 0.6) is 5.75 Å². The van der Waals surface area contributed by atoms with E-state index in [0.717, 1.165) is 39.0 Å². The number of fused-ring (bicyclic) bond motifs is 1. The standard InChI is InChI=1S/C24H21N5O/c1-16(20-13-27-28(2)14-20)29-15-26-23(17-6-4-3-5-7-17)24(29)19-10-18-8-9-21(30)11-22(18)25-12-19/h3-16,30H,1-2H3/t16-/m1/s1. The summed E-state index contributed by atoms with van der Waals surface area (Å²) < 4.78 is 3.98. The summed E-state index contributed by atoms with van der Waals surface area (Å²) >= 11 is 0. The number of imidazole rings is 1. The Kier molecular flexibility index (Phi) is 4.32. The maximum absolute atomic E-state index is 9.76. The molecule has 0 aliphatic rings. The monoisotopic (exact) mass is 395 g/mol. The molecule has 1 N–H and O–H groups in total. The third kappa shape index (κ3) is 3.12. The van der Waals surface area contributed by atoms with E-state index in [-0.39, 0.29) is 11.8 Å². The third-order valence-corrected chi connectivity index (χ3v) is 5.41. The van der Waals surface area contributed by atoms with Crippen LogP contribution in [0.25, 0.3) is 33.4 Å². The van der Waals surface area contributed by atoms with Crippen molar-refractivity contribution in [2.24, 2.45) is 7.05 Å². The Bertz CT molecular complexity index is 1340. The Labute approximate surface area is 174 Å². The summed E-state index contributed by atoms with van der Waals surface area (Å²) in [5, 5.41) is 15.0. The van der Waals surface area contributed by atoms with Crippen molar-refractivity contribution < 1.29 is 5.11 Å². The Morgan fingerprint density at radius 3 is 2.53 bits per heavy atom. The molecule has 1 atom stereocenters. The lowest BCUT2D eigenvalue weighted by molar-refractivity contribution is 0.476. The normalized spacial score (nSPS) is 12.3. The Morgan fingerprint density at radius 1 is 0.933 bits per heavy atom. The molecule has 0 saturated carbocycles. The number of aromatic nitrogens is 5. The van der Waals surface area contributed by atoms with E-state index in [9.17, 15) is 5.11 Å². The van der Waals surface area contributed by atoms with Crippen LogP contribution in [-0.4, -0.2) is 29.4 Å². The molecule has 0 unspecified atom stereocenters. The van der Waals surface area contributed by atoms with Crippen molar-refractivity contribution in [2.45, 2.75) is 13.0 Å². The molecule has 2 aromatic carbocycles. The second-order valence-electron chi connectivity index (χ2n) is 7.44. The third-order valence-electron chi connectivity index (χ3n) is 5.41. The minimum Gasteiger partial charge on any atom is -0.508 e. The summed E-state index contributed by atoms with van der Waals surface area (Å²) in [5.74, 6) is 0.211. The molecule has 5 rings (SSSR count). The Balaban J connectivity index is 1.72. The fourth-order valence-corrected chi connectivity index (χ4v) is 3.80. The average Bonchev–Trinajstić information content (AvgIpc) is 3.40. The van der Waals surface area contributed by atoms with Gasteiger partial charge in [-0.1, -0.05) is 30.3 Å². The zero-order chi connectivity index (χ0) is 20.7. The zero-order valence-electron chi connectivity index (χ0n) is 16.8. The number of aromatic hydroxyl groups is 1. The van der Waals surface area contributed by atoms with Gasteiger partial charge in [-0.05, 0) is 25.1 Å². The first kappa shape index (κ1) is 18.1. The Morgan fingerprint density at radius 2 is 1.77 bits per heavy atom. The highest BCUT2D eigenvalue weighted by molar-refractivity contribution is 5.87. The summed E-state index contributed by atoms with van der Waals surface area (Å²) in [4.78, 5) is 9.37. The molecule has 3 aromatic heterocycles. The maximum Gasteiger partial charge on any atom is 0.117 e. The highest BCUT2D eigenvalue weighted by atomic mass is 16.3. The van der Waals surface area contributed by atoms with Crippen LogP contribution in [0.2, 0.25) is 0 Å². The molecule has 3 heterocycles. The average molecular weight is 395 g/mol. The van der Waals surface area contributed by atoms with Crippen LogP contribution >= 0.6 is 0 Å². The van der Waals surface area contributed by atoms with Crippen molar-refractivity contribution >= 4 is 10.9 Å². The van der Waals surface area contributed by atoms with Gasteiger partial charge >= 0.3 is 0 Å². The molecule has 0 saturated heterocycles. The van der Waals surface area contributed by atoms with Crippen LogP contribution in [0.3, 0.4) is 0 Å². The molecule has 0 fully saturated rings. The van der Waals surface area contributed by atoms with Gasteiger partial charge in [0.2, 0.25) is 0 Å². The lowest BCUT2D eigenvalue weighted by atomic mass is 10.0. The molecule has 0 aliphatic heterocycles. The highest BCUT2D eigenvalue weighted by Gasteiger charge is 2.20. The van der Waals surface area contributed by atoms with E-state index in [1.54, 1.807) is 12.1 Å². The molecule has 30 heavy (non-hydrogen) atoms. The number of nitrogens with zero attached hydrogens (tertiary/aromatic N) is 5. The van der Waals surface area contributed by atoms with Crippen molar-refractivity contribution in [3.63, 3.8) is 0 Å². The minimum absolute atomic E-state index is 0.0502. The molecule has 0 radical (unpaired) electrons. The van der Waals surface area contributed by atoms with Gasteiger partial charge in [0.1, 0.15) is 5.75 Å². The minimum atomic E-state index is 0.0502. The van der Waals surface area contributed by atoms with Gasteiger partial charge < -0.3 is 9.67 Å². The van der Waals surface area contributed by atoms with E-state index in [4.69, 9.17) is 4.98 Å². The van der Waals surface area contributed by atoms with Crippen molar-refractivity contribution in [1.29, 1.82) is 0 Å². The van der Waals surface area contributed by atoms with Gasteiger partial charge in [-0.15, -0.1) is 0 Å². The first-order chi connectivity index (χ1) is 14.6. The second-order valence-corrected chi connectivity index (χ2v) is 7.44. The van der Waals surface area contributed by atoms with Gasteiger partial charge in [-0.2, -0.15) is 5.10 Å². The number of pyridine rings is 1. The lowest BCUT2D eigenvalue weighted by Crippen LogP contribution is -2.07. The Hall–Kier alpha value is -3.93. The van der Waals surface area contributed by atoms with Gasteiger partial charge in [0, 0.05) is 47.6 Å². The first-order valence-electron chi connectivity index (χ1n) is 9.80. The molecular weight excluding hydrogens is 374 g/mol. The first-order valence-corrected chi connectivity index (χ1v) is 9.80. The molecule has 6 nitrogen and oxygen atoms in total. The fourth-order valence-electron chi connectivity index (χ4n) is 3.80. The molecular formula is C24H21N5O. The molecule has 0 aliphatic carbocycles. The topological polar surface area (TPSA) is 68.8 Å². The van der Waals surface area contributed by atoms with E-state index in [1.807, 2.05) is 60.9 Å². The van der Waals surface area contributed by atoms with E-state index in [0.29, 0.717) is 0 Å². The predicted molar refractivity (Wildman–Crippen MR) is 117 cm³/mol. The number of benzene rings is 2. The lowest BCUT2D eigenvalue weighted by Gasteiger charge is -2.17. The number of hydrogen-bond donors (Lipinski definition) is 1. The van der Waals surface area contributed by atoms with Gasteiger partial charge in [0.15, 0.2) is 0 Å². The molecule has 0 bridgehead atoms. The van der Waals surface area contributed by atoms with Crippen molar-refractivity contribution in [1.82, 2.24) is 24.3 Å². The molecule has 5 aromatic rings. The van der Waals surface area contributed by atoms with Crippen LogP contribution in [0.4, 0.5) is 0 Å². The zero-order valence-corrected chi connectivity index (χ0v) is 16.8. The molecule has 148 valence electrons. The van der Waals surface area contributed by atoms with Crippen LogP contribution in [0.1, 0.15) is 18.5 Å². The summed E-state index contributed by atoms with van der Waals surface area (Å²) in [6.45, 7) is 2.14. The van der Waals surface area contributed by atoms with Crippen molar-refractivity contribution in [3.8, 4) is 28.3 Å². The highest BCUT2D eigenvalue weighted by Crippen LogP contribution is 2.35. The summed E-state index contributed by atoms with van der Waals surface area (Å²) in [7, 11) is 1.92. The number of phenols is 1. The second kappa shape index (κ2) is 7.15.